The molecule has 0 spiro atoms. The Bertz CT molecular complexity index is 774. The summed E-state index contributed by atoms with van der Waals surface area (Å²) in [5, 5.41) is 0. The number of hydrogen-bond acceptors (Lipinski definition) is 0. The molecule has 0 saturated heterocycles. The Balaban J connectivity index is 0.000000244. The Morgan fingerprint density at radius 3 is 0.923 bits per heavy atom. The van der Waals surface area contributed by atoms with Crippen molar-refractivity contribution in [2.75, 3.05) is 0 Å². The van der Waals surface area contributed by atoms with Crippen LogP contribution >= 0.6 is 0 Å². The molecule has 0 nitrogen and oxygen atoms in total. The summed E-state index contributed by atoms with van der Waals surface area (Å²) >= 11 is 0. The number of aryl methyl sites for hydroxylation is 4. The SMILES string of the molecule is CC1CCC(C)C1.CC1CCC(C)CC1.CC1CCCC(C)C1.Cc1ccc(C)cc1.Cc1cccc(C)c1. The summed E-state index contributed by atoms with van der Waals surface area (Å²) in [4.78, 5) is 0. The number of rotatable bonds is 0. The van der Waals surface area contributed by atoms with Gasteiger partial charge in [0.05, 0.1) is 0 Å². The van der Waals surface area contributed by atoms with E-state index in [-0.39, 0.29) is 0 Å². The molecule has 3 fully saturated rings. The molecule has 0 heteroatoms. The van der Waals surface area contributed by atoms with Gasteiger partial charge in [0.2, 0.25) is 0 Å². The minimum Gasteiger partial charge on any atom is -0.0625 e. The molecule has 2 aromatic rings. The van der Waals surface area contributed by atoms with E-state index in [1.165, 1.54) is 92.9 Å². The predicted octanol–water partition coefficient (Wildman–Crippen LogP) is 12.7. The third-order valence-corrected chi connectivity index (χ3v) is 8.85. The van der Waals surface area contributed by atoms with E-state index in [1.54, 1.807) is 0 Å². The van der Waals surface area contributed by atoms with Crippen LogP contribution in [0.15, 0.2) is 48.5 Å². The third-order valence-electron chi connectivity index (χ3n) is 8.85. The molecule has 4 unspecified atom stereocenters. The second kappa shape index (κ2) is 20.3. The fourth-order valence-corrected chi connectivity index (χ4v) is 6.10. The highest BCUT2D eigenvalue weighted by Crippen LogP contribution is 2.29. The smallest absolute Gasteiger partial charge is 0.0398 e. The second-order valence-corrected chi connectivity index (χ2v) is 14.1. The molecule has 222 valence electrons. The Morgan fingerprint density at radius 2 is 0.692 bits per heavy atom. The van der Waals surface area contributed by atoms with E-state index >= 15 is 0 Å². The van der Waals surface area contributed by atoms with E-state index < -0.39 is 0 Å². The molecule has 0 bridgehead atoms. The van der Waals surface area contributed by atoms with Crippen molar-refractivity contribution in [3.05, 3.63) is 70.8 Å². The van der Waals surface area contributed by atoms with Gasteiger partial charge in [-0.2, -0.15) is 0 Å². The van der Waals surface area contributed by atoms with Crippen LogP contribution in [0.2, 0.25) is 0 Å². The zero-order chi connectivity index (χ0) is 29.2. The highest BCUT2D eigenvalue weighted by Gasteiger charge is 2.16. The first-order valence-corrected chi connectivity index (χ1v) is 16.5. The maximum absolute atomic E-state index is 2.37. The van der Waals surface area contributed by atoms with Crippen LogP contribution in [0.5, 0.6) is 0 Å². The molecule has 0 heterocycles. The summed E-state index contributed by atoms with van der Waals surface area (Å²) in [5.41, 5.74) is 5.33. The molecule has 0 radical (unpaired) electrons. The summed E-state index contributed by atoms with van der Waals surface area (Å²) in [6.07, 6.45) is 16.2. The van der Waals surface area contributed by atoms with Crippen LogP contribution in [-0.4, -0.2) is 0 Å². The van der Waals surface area contributed by atoms with Gasteiger partial charge in [-0.15, -0.1) is 0 Å². The van der Waals surface area contributed by atoms with E-state index in [2.05, 4.69) is 118 Å². The van der Waals surface area contributed by atoms with E-state index in [1.807, 2.05) is 0 Å². The molecule has 5 rings (SSSR count). The minimum atomic E-state index is 1.01. The van der Waals surface area contributed by atoms with Gasteiger partial charge in [0.25, 0.3) is 0 Å². The van der Waals surface area contributed by atoms with E-state index in [4.69, 9.17) is 0 Å². The lowest BCUT2D eigenvalue weighted by molar-refractivity contribution is 0.301. The predicted molar refractivity (Wildman–Crippen MR) is 178 cm³/mol. The van der Waals surface area contributed by atoms with Crippen LogP contribution in [0.1, 0.15) is 134 Å². The van der Waals surface area contributed by atoms with Gasteiger partial charge < -0.3 is 0 Å². The summed E-state index contributed by atoms with van der Waals surface area (Å²) in [7, 11) is 0. The fourth-order valence-electron chi connectivity index (χ4n) is 6.10. The van der Waals surface area contributed by atoms with Crippen molar-refractivity contribution in [1.29, 1.82) is 0 Å². The fraction of sp³-hybridized carbons (Fsp3) is 0.692. The molecule has 3 saturated carbocycles. The molecule has 39 heavy (non-hydrogen) atoms. The second-order valence-electron chi connectivity index (χ2n) is 14.1. The van der Waals surface area contributed by atoms with Crippen LogP contribution in [0.3, 0.4) is 0 Å². The lowest BCUT2D eigenvalue weighted by atomic mass is 9.84. The van der Waals surface area contributed by atoms with Crippen LogP contribution in [-0.2, 0) is 0 Å². The topological polar surface area (TPSA) is 0 Å². The first kappa shape index (κ1) is 35.5. The highest BCUT2D eigenvalue weighted by atomic mass is 14.2. The van der Waals surface area contributed by atoms with Gasteiger partial charge >= 0.3 is 0 Å². The zero-order valence-corrected chi connectivity index (χ0v) is 27.9. The lowest BCUT2D eigenvalue weighted by Crippen LogP contribution is -2.09. The van der Waals surface area contributed by atoms with Gasteiger partial charge in [-0.05, 0) is 76.0 Å². The Morgan fingerprint density at radius 1 is 0.385 bits per heavy atom. The minimum absolute atomic E-state index is 1.01. The summed E-state index contributed by atoms with van der Waals surface area (Å²) in [5.74, 6) is 6.11. The highest BCUT2D eigenvalue weighted by molar-refractivity contribution is 5.20. The zero-order valence-electron chi connectivity index (χ0n) is 27.9. The quantitative estimate of drug-likeness (QED) is 0.315. The molecular weight excluding hydrogens is 468 g/mol. The van der Waals surface area contributed by atoms with Gasteiger partial charge in [0, 0.05) is 0 Å². The van der Waals surface area contributed by atoms with Crippen LogP contribution in [0, 0.1) is 63.2 Å². The van der Waals surface area contributed by atoms with E-state index in [0.717, 1.165) is 35.5 Å². The van der Waals surface area contributed by atoms with Gasteiger partial charge in [0.15, 0.2) is 0 Å². The average Bonchev–Trinajstić information content (AvgIpc) is 3.26. The summed E-state index contributed by atoms with van der Waals surface area (Å²) in [6, 6.07) is 16.9. The van der Waals surface area contributed by atoms with Crippen molar-refractivity contribution in [3.8, 4) is 0 Å². The Kier molecular flexibility index (Phi) is 18.5. The van der Waals surface area contributed by atoms with Crippen LogP contribution in [0.25, 0.3) is 0 Å². The van der Waals surface area contributed by atoms with E-state index in [9.17, 15) is 0 Å². The maximum atomic E-state index is 2.37. The monoisotopic (exact) mass is 535 g/mol. The maximum Gasteiger partial charge on any atom is -0.0398 e. The largest absolute Gasteiger partial charge is 0.0625 e. The Hall–Kier alpha value is -1.56. The van der Waals surface area contributed by atoms with Crippen molar-refractivity contribution >= 4 is 0 Å². The first-order valence-electron chi connectivity index (χ1n) is 16.5. The first-order chi connectivity index (χ1) is 18.4. The van der Waals surface area contributed by atoms with Crippen molar-refractivity contribution in [2.24, 2.45) is 35.5 Å². The molecular formula is C39H66. The van der Waals surface area contributed by atoms with Crippen molar-refractivity contribution < 1.29 is 0 Å². The van der Waals surface area contributed by atoms with E-state index in [0.29, 0.717) is 0 Å². The van der Waals surface area contributed by atoms with Gasteiger partial charge in [-0.25, -0.2) is 0 Å². The van der Waals surface area contributed by atoms with Gasteiger partial charge in [0.1, 0.15) is 0 Å². The number of benzene rings is 2. The summed E-state index contributed by atoms with van der Waals surface area (Å²) < 4.78 is 0. The molecule has 4 atom stereocenters. The summed E-state index contributed by atoms with van der Waals surface area (Å²) in [6.45, 7) is 22.6. The lowest BCUT2D eigenvalue weighted by Gasteiger charge is -2.22. The molecule has 0 aromatic heterocycles. The standard InChI is InChI=1S/C8H16.C8H10.C8H16.C8H10.C7H14/c2*1-7-3-5-8(2)6-4-7;2*1-7-4-3-5-8(2)6-7;1-6-3-4-7(2)5-6/h7-8H,3-6H2,1-2H3;3-6H,1-2H3;7-8H,3-6H2,1-2H3;3-6H,1-2H3;6-7H,3-5H2,1-2H3. The molecule has 3 aliphatic rings. The molecule has 2 aromatic carbocycles. The molecule has 3 aliphatic carbocycles. The van der Waals surface area contributed by atoms with Gasteiger partial charge in [-0.1, -0.05) is 170 Å². The Labute approximate surface area is 245 Å². The molecule has 0 amide bonds. The molecule has 0 aliphatic heterocycles. The molecule has 0 N–H and O–H groups in total. The normalized spacial score (nSPS) is 27.6. The van der Waals surface area contributed by atoms with Crippen molar-refractivity contribution in [2.45, 2.75) is 140 Å². The van der Waals surface area contributed by atoms with Gasteiger partial charge in [-0.3, -0.25) is 0 Å². The van der Waals surface area contributed by atoms with Crippen LogP contribution in [0.4, 0.5) is 0 Å². The van der Waals surface area contributed by atoms with Crippen molar-refractivity contribution in [3.63, 3.8) is 0 Å². The van der Waals surface area contributed by atoms with Crippen molar-refractivity contribution in [1.82, 2.24) is 0 Å². The third kappa shape index (κ3) is 19.2. The number of hydrogen-bond donors (Lipinski definition) is 0. The van der Waals surface area contributed by atoms with Crippen LogP contribution < -0.4 is 0 Å². The average molecular weight is 535 g/mol.